The smallest absolute Gasteiger partial charge is 0.428 e. The molecule has 0 radical (unpaired) electrons. The number of methoxy groups -OCH3 is 1. The lowest BCUT2D eigenvalue weighted by atomic mass is 9.95. The lowest BCUT2D eigenvalue weighted by Gasteiger charge is -2.21. The average Bonchev–Trinajstić information content (AvgIpc) is 2.93. The molecular formula is C18H21NO8. The van der Waals surface area contributed by atoms with Gasteiger partial charge >= 0.3 is 12.1 Å². The second kappa shape index (κ2) is 8.63. The molecule has 1 saturated heterocycles. The summed E-state index contributed by atoms with van der Waals surface area (Å²) in [5, 5.41) is 0.409. The van der Waals surface area contributed by atoms with Gasteiger partial charge in [0.15, 0.2) is 0 Å². The van der Waals surface area contributed by atoms with Crippen LogP contribution in [0.2, 0.25) is 0 Å². The van der Waals surface area contributed by atoms with E-state index in [0.717, 1.165) is 0 Å². The Morgan fingerprint density at radius 2 is 1.67 bits per heavy atom. The lowest BCUT2D eigenvalue weighted by Crippen LogP contribution is -2.33. The molecule has 1 fully saturated rings. The fourth-order valence-corrected chi connectivity index (χ4v) is 2.22. The third-order valence-corrected chi connectivity index (χ3v) is 3.72. The molecule has 1 heterocycles. The van der Waals surface area contributed by atoms with E-state index in [9.17, 15) is 19.2 Å². The van der Waals surface area contributed by atoms with E-state index in [0.29, 0.717) is 16.4 Å². The van der Waals surface area contributed by atoms with E-state index < -0.39 is 29.4 Å². The molecule has 0 N–H and O–H groups in total. The number of hydroxylamine groups is 2. The maximum absolute atomic E-state index is 12.1. The van der Waals surface area contributed by atoms with Crippen molar-refractivity contribution in [1.29, 1.82) is 0 Å². The minimum Gasteiger partial charge on any atom is -0.428 e. The highest BCUT2D eigenvalue weighted by Gasteiger charge is 2.33. The van der Waals surface area contributed by atoms with Crippen LogP contribution in [0.25, 0.3) is 0 Å². The Morgan fingerprint density at radius 3 is 2.22 bits per heavy atom. The molecule has 0 unspecified atom stereocenters. The number of ether oxygens (including phenoxy) is 3. The molecule has 0 bridgehead atoms. The van der Waals surface area contributed by atoms with Gasteiger partial charge in [0.2, 0.25) is 0 Å². The number of hydrogen-bond donors (Lipinski definition) is 0. The van der Waals surface area contributed by atoms with E-state index in [1.165, 1.54) is 7.11 Å². The van der Waals surface area contributed by atoms with Crippen LogP contribution in [0.3, 0.4) is 0 Å². The third-order valence-electron chi connectivity index (χ3n) is 3.72. The van der Waals surface area contributed by atoms with Gasteiger partial charge in [0, 0.05) is 20.0 Å². The molecule has 1 aliphatic heterocycles. The number of imide groups is 1. The number of nitrogens with zero attached hydrogens (tertiary/aromatic N) is 1. The summed E-state index contributed by atoms with van der Waals surface area (Å²) in [7, 11) is 1.50. The molecule has 0 aromatic heterocycles. The fourth-order valence-electron chi connectivity index (χ4n) is 2.22. The fraction of sp³-hybridized carbons (Fsp3) is 0.444. The van der Waals surface area contributed by atoms with Crippen LogP contribution in [0, 0.1) is 5.41 Å². The summed E-state index contributed by atoms with van der Waals surface area (Å²) in [4.78, 5) is 51.0. The number of carbonyl (C=O) groups excluding carboxylic acids is 4. The Bertz CT molecular complexity index is 709. The normalized spacial score (nSPS) is 14.3. The zero-order valence-electron chi connectivity index (χ0n) is 15.4. The van der Waals surface area contributed by atoms with E-state index >= 15 is 0 Å². The first kappa shape index (κ1) is 20.4. The van der Waals surface area contributed by atoms with Crippen LogP contribution in [-0.2, 0) is 35.3 Å². The van der Waals surface area contributed by atoms with Gasteiger partial charge in [-0.2, -0.15) is 0 Å². The van der Waals surface area contributed by atoms with Gasteiger partial charge in [0.1, 0.15) is 12.4 Å². The molecule has 146 valence electrons. The highest BCUT2D eigenvalue weighted by Crippen LogP contribution is 2.21. The van der Waals surface area contributed by atoms with Gasteiger partial charge in [-0.05, 0) is 31.5 Å². The quantitative estimate of drug-likeness (QED) is 0.402. The minimum absolute atomic E-state index is 0.00742. The van der Waals surface area contributed by atoms with Gasteiger partial charge in [-0.1, -0.05) is 17.2 Å². The van der Waals surface area contributed by atoms with E-state index in [2.05, 4.69) is 4.84 Å². The van der Waals surface area contributed by atoms with Crippen molar-refractivity contribution in [3.63, 3.8) is 0 Å². The summed E-state index contributed by atoms with van der Waals surface area (Å²) in [5.41, 5.74) is -0.188. The molecule has 9 heteroatoms. The van der Waals surface area contributed by atoms with Crippen LogP contribution < -0.4 is 4.74 Å². The number of benzene rings is 1. The highest BCUT2D eigenvalue weighted by atomic mass is 16.8. The van der Waals surface area contributed by atoms with Gasteiger partial charge in [-0.15, -0.1) is 0 Å². The zero-order valence-corrected chi connectivity index (χ0v) is 15.4. The molecular weight excluding hydrogens is 358 g/mol. The van der Waals surface area contributed by atoms with E-state index in [-0.39, 0.29) is 26.1 Å². The van der Waals surface area contributed by atoms with E-state index in [1.54, 1.807) is 38.1 Å². The van der Waals surface area contributed by atoms with Crippen molar-refractivity contribution in [2.75, 3.05) is 13.7 Å². The summed E-state index contributed by atoms with van der Waals surface area (Å²) in [6.45, 7) is 3.51. The van der Waals surface area contributed by atoms with Gasteiger partial charge in [0.25, 0.3) is 11.8 Å². The monoisotopic (exact) mass is 379 g/mol. The Hall–Kier alpha value is -2.94. The van der Waals surface area contributed by atoms with E-state index in [1.807, 2.05) is 0 Å². The average molecular weight is 379 g/mol. The summed E-state index contributed by atoms with van der Waals surface area (Å²) in [5.74, 6) is -1.26. The first-order valence-corrected chi connectivity index (χ1v) is 8.23. The zero-order chi connectivity index (χ0) is 20.0. The lowest BCUT2D eigenvalue weighted by molar-refractivity contribution is -0.177. The van der Waals surface area contributed by atoms with Crippen LogP contribution in [0.4, 0.5) is 4.79 Å². The van der Waals surface area contributed by atoms with Crippen molar-refractivity contribution in [1.82, 2.24) is 5.06 Å². The first-order valence-electron chi connectivity index (χ1n) is 8.23. The van der Waals surface area contributed by atoms with Crippen molar-refractivity contribution >= 4 is 23.9 Å². The maximum Gasteiger partial charge on any atom is 0.534 e. The van der Waals surface area contributed by atoms with Gasteiger partial charge < -0.3 is 14.2 Å². The largest absolute Gasteiger partial charge is 0.534 e. The first-order chi connectivity index (χ1) is 12.7. The highest BCUT2D eigenvalue weighted by molar-refractivity contribution is 6.01. The summed E-state index contributed by atoms with van der Waals surface area (Å²) in [6, 6.07) is 6.31. The standard InChI is InChI=1S/C18H21NO8/c1-18(2,11-24-3)16(22)26-13-6-4-12(5-7-13)10-25-17(23)27-19-14(20)8-9-15(19)21/h4-7H,8-11H2,1-3H3. The van der Waals surface area contributed by atoms with Gasteiger partial charge in [0.05, 0.1) is 12.0 Å². The van der Waals surface area contributed by atoms with Gasteiger partial charge in [-0.3, -0.25) is 19.2 Å². The summed E-state index contributed by atoms with van der Waals surface area (Å²) >= 11 is 0. The van der Waals surface area contributed by atoms with Gasteiger partial charge in [-0.25, -0.2) is 4.79 Å². The Labute approximate surface area is 156 Å². The Morgan fingerprint density at radius 1 is 1.07 bits per heavy atom. The van der Waals surface area contributed by atoms with Crippen LogP contribution in [0.5, 0.6) is 5.75 Å². The minimum atomic E-state index is -1.16. The molecule has 0 spiro atoms. The molecule has 1 aliphatic rings. The molecule has 2 rings (SSSR count). The predicted molar refractivity (Wildman–Crippen MR) is 90.1 cm³/mol. The van der Waals surface area contributed by atoms with Crippen LogP contribution >= 0.6 is 0 Å². The molecule has 9 nitrogen and oxygen atoms in total. The number of esters is 1. The molecule has 2 amide bonds. The third kappa shape index (κ3) is 5.52. The van der Waals surface area contributed by atoms with Crippen molar-refractivity contribution in [2.24, 2.45) is 5.41 Å². The number of rotatable bonds is 7. The number of hydrogen-bond acceptors (Lipinski definition) is 8. The van der Waals surface area contributed by atoms with Crippen LogP contribution in [0.1, 0.15) is 32.3 Å². The number of carbonyl (C=O) groups is 4. The second-order valence-electron chi connectivity index (χ2n) is 6.56. The second-order valence-corrected chi connectivity index (χ2v) is 6.56. The van der Waals surface area contributed by atoms with Crippen LogP contribution in [0.15, 0.2) is 24.3 Å². The topological polar surface area (TPSA) is 108 Å². The molecule has 1 aromatic carbocycles. The Balaban J connectivity index is 1.83. The predicted octanol–water partition coefficient (Wildman–Crippen LogP) is 1.98. The van der Waals surface area contributed by atoms with E-state index in [4.69, 9.17) is 14.2 Å². The summed E-state index contributed by atoms with van der Waals surface area (Å²) in [6.07, 6.45) is -1.14. The molecule has 0 saturated carbocycles. The molecule has 0 aliphatic carbocycles. The number of amides is 2. The molecule has 27 heavy (non-hydrogen) atoms. The van der Waals surface area contributed by atoms with Crippen molar-refractivity contribution in [3.05, 3.63) is 29.8 Å². The van der Waals surface area contributed by atoms with Crippen molar-refractivity contribution < 1.29 is 38.2 Å². The van der Waals surface area contributed by atoms with Crippen molar-refractivity contribution in [3.8, 4) is 5.75 Å². The molecule has 1 aromatic rings. The van der Waals surface area contributed by atoms with Crippen LogP contribution in [-0.4, -0.2) is 42.7 Å². The summed E-state index contributed by atoms with van der Waals surface area (Å²) < 4.78 is 15.1. The van der Waals surface area contributed by atoms with Crippen molar-refractivity contribution in [2.45, 2.75) is 33.3 Å². The SMILES string of the molecule is COCC(C)(C)C(=O)Oc1ccc(COC(=O)ON2C(=O)CCC2=O)cc1. The molecule has 0 atom stereocenters. The Kier molecular flexibility index (Phi) is 6.51. The maximum atomic E-state index is 12.1.